The summed E-state index contributed by atoms with van der Waals surface area (Å²) in [6, 6.07) is 1.69. The number of amides is 1. The molecule has 0 unspecified atom stereocenters. The molecule has 11 heavy (non-hydrogen) atoms. The Labute approximate surface area is 69.4 Å². The van der Waals surface area contributed by atoms with Crippen molar-refractivity contribution >= 4 is 22.2 Å². The molecular weight excluding hydrogens is 160 g/mol. The van der Waals surface area contributed by atoms with Gasteiger partial charge in [0, 0.05) is 19.5 Å². The Bertz CT molecular complexity index is 267. The number of thiophene rings is 1. The highest BCUT2D eigenvalue weighted by Gasteiger charge is 2.08. The Morgan fingerprint density at radius 2 is 2.27 bits per heavy atom. The first-order valence-corrected chi connectivity index (χ1v) is 4.05. The normalized spacial score (nSPS) is 9.64. The molecule has 0 atom stereocenters. The van der Waals surface area contributed by atoms with Gasteiger partial charge in [0.05, 0.1) is 10.6 Å². The van der Waals surface area contributed by atoms with Gasteiger partial charge >= 0.3 is 0 Å². The Morgan fingerprint density at radius 1 is 1.64 bits per heavy atom. The van der Waals surface area contributed by atoms with Crippen LogP contribution in [0.4, 0.5) is 5.00 Å². The van der Waals surface area contributed by atoms with E-state index in [2.05, 4.69) is 0 Å². The number of rotatable bonds is 1. The lowest BCUT2D eigenvalue weighted by Gasteiger charge is -2.07. The summed E-state index contributed by atoms with van der Waals surface area (Å²) >= 11 is 1.38. The van der Waals surface area contributed by atoms with Gasteiger partial charge in [0.2, 0.25) is 0 Å². The number of hydrogen-bond donors (Lipinski definition) is 1. The predicted molar refractivity (Wildman–Crippen MR) is 46.7 cm³/mol. The van der Waals surface area contributed by atoms with Crippen LogP contribution in [0.5, 0.6) is 0 Å². The minimum absolute atomic E-state index is 0.00190. The van der Waals surface area contributed by atoms with E-state index in [1.54, 1.807) is 25.5 Å². The van der Waals surface area contributed by atoms with Crippen molar-refractivity contribution in [2.24, 2.45) is 0 Å². The summed E-state index contributed by atoms with van der Waals surface area (Å²) in [4.78, 5) is 12.8. The lowest BCUT2D eigenvalue weighted by Crippen LogP contribution is -2.20. The minimum Gasteiger partial charge on any atom is -0.391 e. The average molecular weight is 170 g/mol. The fourth-order valence-corrected chi connectivity index (χ4v) is 1.35. The zero-order valence-electron chi connectivity index (χ0n) is 6.50. The molecule has 1 rings (SSSR count). The number of nitrogen functional groups attached to an aromatic ring is 1. The molecule has 0 saturated heterocycles. The monoisotopic (exact) mass is 170 g/mol. The first-order valence-electron chi connectivity index (χ1n) is 3.17. The Balaban J connectivity index is 2.85. The molecule has 0 radical (unpaired) electrons. The highest BCUT2D eigenvalue weighted by atomic mass is 32.1. The summed E-state index contributed by atoms with van der Waals surface area (Å²) in [7, 11) is 3.44. The van der Waals surface area contributed by atoms with Crippen molar-refractivity contribution in [3.8, 4) is 0 Å². The first kappa shape index (κ1) is 8.07. The lowest BCUT2D eigenvalue weighted by molar-refractivity contribution is 0.0828. The Hall–Kier alpha value is -1.03. The van der Waals surface area contributed by atoms with E-state index in [-0.39, 0.29) is 5.91 Å². The third-order valence-corrected chi connectivity index (χ3v) is 2.03. The van der Waals surface area contributed by atoms with E-state index >= 15 is 0 Å². The van der Waals surface area contributed by atoms with Crippen LogP contribution in [-0.4, -0.2) is 24.9 Å². The molecule has 1 heterocycles. The van der Waals surface area contributed by atoms with E-state index in [0.717, 1.165) is 0 Å². The van der Waals surface area contributed by atoms with Gasteiger partial charge in [-0.2, -0.15) is 0 Å². The highest BCUT2D eigenvalue weighted by molar-refractivity contribution is 7.14. The summed E-state index contributed by atoms with van der Waals surface area (Å²) < 4.78 is 0. The van der Waals surface area contributed by atoms with Gasteiger partial charge in [-0.25, -0.2) is 0 Å². The number of nitrogens with two attached hydrogens (primary N) is 1. The van der Waals surface area contributed by atoms with Crippen LogP contribution in [0.3, 0.4) is 0 Å². The van der Waals surface area contributed by atoms with Crippen molar-refractivity contribution in [2.75, 3.05) is 19.8 Å². The smallest absolute Gasteiger partial charge is 0.254 e. The van der Waals surface area contributed by atoms with E-state index in [1.165, 1.54) is 16.2 Å². The Morgan fingerprint density at radius 3 is 2.64 bits per heavy atom. The van der Waals surface area contributed by atoms with Gasteiger partial charge in [-0.1, -0.05) is 0 Å². The zero-order chi connectivity index (χ0) is 8.43. The molecular formula is C7H10N2OS. The maximum atomic E-state index is 11.2. The third kappa shape index (κ3) is 1.71. The van der Waals surface area contributed by atoms with Gasteiger partial charge in [-0.05, 0) is 6.07 Å². The zero-order valence-corrected chi connectivity index (χ0v) is 7.31. The molecule has 0 spiro atoms. The van der Waals surface area contributed by atoms with Gasteiger partial charge in [0.15, 0.2) is 0 Å². The lowest BCUT2D eigenvalue weighted by atomic mass is 10.3. The molecule has 0 saturated carbocycles. The average Bonchev–Trinajstić information content (AvgIpc) is 2.34. The van der Waals surface area contributed by atoms with E-state index in [1.807, 2.05) is 0 Å². The fraction of sp³-hybridized carbons (Fsp3) is 0.286. The van der Waals surface area contributed by atoms with Crippen LogP contribution in [0.2, 0.25) is 0 Å². The molecule has 0 aromatic carbocycles. The van der Waals surface area contributed by atoms with E-state index in [9.17, 15) is 4.79 Å². The van der Waals surface area contributed by atoms with Crippen LogP contribution in [-0.2, 0) is 0 Å². The van der Waals surface area contributed by atoms with E-state index < -0.39 is 0 Å². The van der Waals surface area contributed by atoms with Crippen LogP contribution in [0.1, 0.15) is 10.4 Å². The number of carbonyl (C=O) groups excluding carboxylic acids is 1. The van der Waals surface area contributed by atoms with Crippen molar-refractivity contribution in [1.29, 1.82) is 0 Å². The molecule has 0 aliphatic heterocycles. The fourth-order valence-electron chi connectivity index (χ4n) is 0.723. The van der Waals surface area contributed by atoms with Crippen molar-refractivity contribution < 1.29 is 4.79 Å². The largest absolute Gasteiger partial charge is 0.391 e. The summed E-state index contributed by atoms with van der Waals surface area (Å²) in [5, 5.41) is 2.44. The quantitative estimate of drug-likeness (QED) is 0.684. The van der Waals surface area contributed by atoms with E-state index in [0.29, 0.717) is 10.6 Å². The third-order valence-electron chi connectivity index (χ3n) is 1.27. The van der Waals surface area contributed by atoms with Gasteiger partial charge in [0.1, 0.15) is 0 Å². The first-order chi connectivity index (χ1) is 5.11. The molecule has 0 aliphatic rings. The van der Waals surface area contributed by atoms with E-state index in [4.69, 9.17) is 5.73 Å². The number of nitrogens with zero attached hydrogens (tertiary/aromatic N) is 1. The maximum Gasteiger partial charge on any atom is 0.254 e. The molecule has 1 aromatic heterocycles. The van der Waals surface area contributed by atoms with Crippen LogP contribution in [0.15, 0.2) is 11.4 Å². The summed E-state index contributed by atoms with van der Waals surface area (Å²) in [5.74, 6) is -0.00190. The molecule has 0 bridgehead atoms. The van der Waals surface area contributed by atoms with Gasteiger partial charge in [0.25, 0.3) is 5.91 Å². The van der Waals surface area contributed by atoms with Crippen LogP contribution in [0.25, 0.3) is 0 Å². The number of hydrogen-bond acceptors (Lipinski definition) is 3. The molecule has 3 nitrogen and oxygen atoms in total. The second-order valence-electron chi connectivity index (χ2n) is 2.44. The summed E-state index contributed by atoms with van der Waals surface area (Å²) in [6.45, 7) is 0. The summed E-state index contributed by atoms with van der Waals surface area (Å²) in [6.07, 6.45) is 0. The SMILES string of the molecule is CN(C)C(=O)c1csc(N)c1. The maximum absolute atomic E-state index is 11.2. The van der Waals surface area contributed by atoms with Crippen molar-refractivity contribution in [2.45, 2.75) is 0 Å². The summed E-state index contributed by atoms with van der Waals surface area (Å²) in [5.41, 5.74) is 6.13. The Kier molecular flexibility index (Phi) is 2.14. The second kappa shape index (κ2) is 2.92. The molecule has 1 amide bonds. The molecule has 0 fully saturated rings. The topological polar surface area (TPSA) is 46.3 Å². The molecule has 60 valence electrons. The molecule has 0 aliphatic carbocycles. The number of carbonyl (C=O) groups is 1. The molecule has 1 aromatic rings. The molecule has 2 N–H and O–H groups in total. The van der Waals surface area contributed by atoms with Gasteiger partial charge in [-0.3, -0.25) is 4.79 Å². The van der Waals surface area contributed by atoms with Gasteiger partial charge in [-0.15, -0.1) is 11.3 Å². The van der Waals surface area contributed by atoms with Gasteiger partial charge < -0.3 is 10.6 Å². The van der Waals surface area contributed by atoms with Crippen LogP contribution in [0, 0.1) is 0 Å². The number of anilines is 1. The highest BCUT2D eigenvalue weighted by Crippen LogP contribution is 2.16. The predicted octanol–water partition coefficient (Wildman–Crippen LogP) is 1.03. The van der Waals surface area contributed by atoms with Crippen molar-refractivity contribution in [3.63, 3.8) is 0 Å². The van der Waals surface area contributed by atoms with Crippen LogP contribution >= 0.6 is 11.3 Å². The second-order valence-corrected chi connectivity index (χ2v) is 3.38. The standard InChI is InChI=1S/C7H10N2OS/c1-9(2)7(10)5-3-6(8)11-4-5/h3-4H,8H2,1-2H3. The minimum atomic E-state index is -0.00190. The van der Waals surface area contributed by atoms with Crippen LogP contribution < -0.4 is 5.73 Å². The molecule has 4 heteroatoms. The van der Waals surface area contributed by atoms with Crippen molar-refractivity contribution in [3.05, 3.63) is 17.0 Å². The van der Waals surface area contributed by atoms with Crippen molar-refractivity contribution in [1.82, 2.24) is 4.90 Å².